The number of ether oxygens (including phenoxy) is 1. The summed E-state index contributed by atoms with van der Waals surface area (Å²) >= 11 is 1.42. The van der Waals surface area contributed by atoms with Crippen LogP contribution in [-0.2, 0) is 9.53 Å². The molecule has 2 heterocycles. The highest BCUT2D eigenvalue weighted by Crippen LogP contribution is 2.33. The minimum atomic E-state index is 0.0787. The zero-order valence-corrected chi connectivity index (χ0v) is 9.63. The Kier molecular flexibility index (Phi) is 2.61. The van der Waals surface area contributed by atoms with Gasteiger partial charge in [-0.05, 0) is 25.7 Å². The molecule has 1 atom stereocenters. The first-order valence-corrected chi connectivity index (χ1v) is 6.40. The molecule has 0 bridgehead atoms. The zero-order valence-electron chi connectivity index (χ0n) is 8.81. The van der Waals surface area contributed by atoms with Gasteiger partial charge in [0.15, 0.2) is 0 Å². The smallest absolute Gasteiger partial charge is 0.229 e. The summed E-state index contributed by atoms with van der Waals surface area (Å²) < 4.78 is 5.51. The third kappa shape index (κ3) is 2.08. The lowest BCUT2D eigenvalue weighted by Gasteiger charge is -2.02. The van der Waals surface area contributed by atoms with Crippen LogP contribution in [-0.4, -0.2) is 22.7 Å². The highest BCUT2D eigenvalue weighted by molar-refractivity contribution is 7.15. The number of anilines is 1. The second kappa shape index (κ2) is 4.10. The van der Waals surface area contributed by atoms with E-state index in [1.165, 1.54) is 11.3 Å². The Hall–Kier alpha value is -1.01. The molecule has 16 heavy (non-hydrogen) atoms. The SMILES string of the molecule is O=C(Nc1nnc(C2CCCO2)s1)C1CC1. The molecule has 1 unspecified atom stereocenters. The van der Waals surface area contributed by atoms with Crippen molar-refractivity contribution >= 4 is 22.4 Å². The van der Waals surface area contributed by atoms with Crippen LogP contribution in [0.4, 0.5) is 5.13 Å². The highest BCUT2D eigenvalue weighted by Gasteiger charge is 2.30. The van der Waals surface area contributed by atoms with Crippen molar-refractivity contribution in [2.75, 3.05) is 11.9 Å². The van der Waals surface area contributed by atoms with E-state index in [2.05, 4.69) is 15.5 Å². The quantitative estimate of drug-likeness (QED) is 0.872. The summed E-state index contributed by atoms with van der Waals surface area (Å²) in [4.78, 5) is 11.5. The average Bonchev–Trinajstić information content (AvgIpc) is 2.80. The molecule has 6 heteroatoms. The summed E-state index contributed by atoms with van der Waals surface area (Å²) in [5, 5.41) is 12.3. The Morgan fingerprint density at radius 1 is 1.38 bits per heavy atom. The normalized spacial score (nSPS) is 24.6. The van der Waals surface area contributed by atoms with Crippen molar-refractivity contribution in [3.05, 3.63) is 5.01 Å². The lowest BCUT2D eigenvalue weighted by Crippen LogP contribution is -2.12. The summed E-state index contributed by atoms with van der Waals surface area (Å²) in [6, 6.07) is 0. The van der Waals surface area contributed by atoms with Crippen LogP contribution < -0.4 is 5.32 Å². The maximum atomic E-state index is 11.5. The molecule has 2 aliphatic rings. The summed E-state index contributed by atoms with van der Waals surface area (Å²) in [6.45, 7) is 0.800. The molecular weight excluding hydrogens is 226 g/mol. The molecule has 1 aromatic rings. The van der Waals surface area contributed by atoms with E-state index in [0.29, 0.717) is 5.13 Å². The van der Waals surface area contributed by atoms with Gasteiger partial charge in [0.25, 0.3) is 0 Å². The van der Waals surface area contributed by atoms with Gasteiger partial charge in [-0.15, -0.1) is 10.2 Å². The van der Waals surface area contributed by atoms with Crippen molar-refractivity contribution in [1.82, 2.24) is 10.2 Å². The third-order valence-corrected chi connectivity index (χ3v) is 3.75. The molecule has 5 nitrogen and oxygen atoms in total. The molecule has 1 saturated heterocycles. The summed E-state index contributed by atoms with van der Waals surface area (Å²) in [5.41, 5.74) is 0. The van der Waals surface area contributed by atoms with Gasteiger partial charge in [-0.3, -0.25) is 4.79 Å². The number of hydrogen-bond acceptors (Lipinski definition) is 5. The molecule has 1 saturated carbocycles. The van der Waals surface area contributed by atoms with Gasteiger partial charge in [0.1, 0.15) is 11.1 Å². The van der Waals surface area contributed by atoms with Gasteiger partial charge in [0, 0.05) is 12.5 Å². The number of rotatable bonds is 3. The predicted octanol–water partition coefficient (Wildman–Crippen LogP) is 1.74. The summed E-state index contributed by atoms with van der Waals surface area (Å²) in [6.07, 6.45) is 4.18. The van der Waals surface area contributed by atoms with E-state index in [-0.39, 0.29) is 17.9 Å². The van der Waals surface area contributed by atoms with Crippen LogP contribution in [0.15, 0.2) is 0 Å². The maximum absolute atomic E-state index is 11.5. The van der Waals surface area contributed by atoms with Gasteiger partial charge in [0.05, 0.1) is 0 Å². The lowest BCUT2D eigenvalue weighted by molar-refractivity contribution is -0.117. The predicted molar refractivity (Wildman–Crippen MR) is 59.2 cm³/mol. The van der Waals surface area contributed by atoms with Gasteiger partial charge in [0.2, 0.25) is 11.0 Å². The van der Waals surface area contributed by atoms with E-state index in [1.54, 1.807) is 0 Å². The Morgan fingerprint density at radius 3 is 2.94 bits per heavy atom. The number of nitrogens with zero attached hydrogens (tertiary/aromatic N) is 2. The van der Waals surface area contributed by atoms with E-state index in [1.807, 2.05) is 0 Å². The average molecular weight is 239 g/mol. The zero-order chi connectivity index (χ0) is 11.0. The standard InChI is InChI=1S/C10H13N3O2S/c14-8(6-3-4-6)11-10-13-12-9(16-10)7-2-1-5-15-7/h6-7H,1-5H2,(H,11,13,14). The number of carbonyl (C=O) groups excluding carboxylic acids is 1. The third-order valence-electron chi connectivity index (χ3n) is 2.82. The van der Waals surface area contributed by atoms with Gasteiger partial charge in [-0.2, -0.15) is 0 Å². The molecule has 1 aromatic heterocycles. The first kappa shape index (κ1) is 10.2. The van der Waals surface area contributed by atoms with E-state index in [4.69, 9.17) is 4.74 Å². The Morgan fingerprint density at radius 2 is 2.25 bits per heavy atom. The molecule has 1 aliphatic carbocycles. The Bertz CT molecular complexity index is 397. The van der Waals surface area contributed by atoms with Gasteiger partial charge in [-0.25, -0.2) is 0 Å². The van der Waals surface area contributed by atoms with E-state index in [9.17, 15) is 4.79 Å². The molecule has 1 amide bonds. The molecule has 1 N–H and O–H groups in total. The Balaban J connectivity index is 1.64. The monoisotopic (exact) mass is 239 g/mol. The van der Waals surface area contributed by atoms with Crippen molar-refractivity contribution in [3.63, 3.8) is 0 Å². The molecule has 3 rings (SSSR count). The topological polar surface area (TPSA) is 64.1 Å². The van der Waals surface area contributed by atoms with Crippen molar-refractivity contribution in [3.8, 4) is 0 Å². The number of nitrogens with one attached hydrogen (secondary N) is 1. The molecule has 2 fully saturated rings. The van der Waals surface area contributed by atoms with E-state index in [0.717, 1.165) is 37.3 Å². The highest BCUT2D eigenvalue weighted by atomic mass is 32.1. The fourth-order valence-corrected chi connectivity index (χ4v) is 2.57. The van der Waals surface area contributed by atoms with Crippen LogP contribution in [0.1, 0.15) is 36.8 Å². The fraction of sp³-hybridized carbons (Fsp3) is 0.700. The molecule has 0 spiro atoms. The number of hydrogen-bond donors (Lipinski definition) is 1. The largest absolute Gasteiger partial charge is 0.371 e. The molecule has 0 radical (unpaired) electrons. The molecule has 1 aliphatic heterocycles. The van der Waals surface area contributed by atoms with Crippen LogP contribution in [0.5, 0.6) is 0 Å². The second-order valence-electron chi connectivity index (χ2n) is 4.21. The van der Waals surface area contributed by atoms with Crippen LogP contribution in [0.2, 0.25) is 0 Å². The van der Waals surface area contributed by atoms with Gasteiger partial charge in [-0.1, -0.05) is 11.3 Å². The van der Waals surface area contributed by atoms with E-state index < -0.39 is 0 Å². The van der Waals surface area contributed by atoms with Crippen molar-refractivity contribution in [1.29, 1.82) is 0 Å². The lowest BCUT2D eigenvalue weighted by atomic mass is 10.2. The molecule has 86 valence electrons. The number of aromatic nitrogens is 2. The van der Waals surface area contributed by atoms with E-state index >= 15 is 0 Å². The van der Waals surface area contributed by atoms with Crippen molar-refractivity contribution in [2.45, 2.75) is 31.8 Å². The van der Waals surface area contributed by atoms with Gasteiger partial charge < -0.3 is 10.1 Å². The van der Waals surface area contributed by atoms with Crippen LogP contribution in [0.3, 0.4) is 0 Å². The summed E-state index contributed by atoms with van der Waals surface area (Å²) in [7, 11) is 0. The van der Waals surface area contributed by atoms with Crippen LogP contribution in [0, 0.1) is 5.92 Å². The van der Waals surface area contributed by atoms with Crippen molar-refractivity contribution < 1.29 is 9.53 Å². The van der Waals surface area contributed by atoms with Crippen LogP contribution >= 0.6 is 11.3 Å². The minimum Gasteiger partial charge on any atom is -0.371 e. The Labute approximate surface area is 97.2 Å². The van der Waals surface area contributed by atoms with Crippen LogP contribution in [0.25, 0.3) is 0 Å². The maximum Gasteiger partial charge on any atom is 0.229 e. The molecular formula is C10H13N3O2S. The van der Waals surface area contributed by atoms with Crippen molar-refractivity contribution in [2.24, 2.45) is 5.92 Å². The first-order valence-electron chi connectivity index (χ1n) is 5.59. The first-order chi connectivity index (χ1) is 7.83. The molecule has 0 aromatic carbocycles. The summed E-state index contributed by atoms with van der Waals surface area (Å²) in [5.74, 6) is 0.283. The number of carbonyl (C=O) groups is 1. The number of amides is 1. The fourth-order valence-electron chi connectivity index (χ4n) is 1.74. The minimum absolute atomic E-state index is 0.0787. The second-order valence-corrected chi connectivity index (χ2v) is 5.22. The van der Waals surface area contributed by atoms with Gasteiger partial charge >= 0.3 is 0 Å².